The van der Waals surface area contributed by atoms with E-state index in [0.29, 0.717) is 30.0 Å². The first-order chi connectivity index (χ1) is 16.5. The van der Waals surface area contributed by atoms with Gasteiger partial charge in [0.15, 0.2) is 0 Å². The van der Waals surface area contributed by atoms with E-state index in [0.717, 1.165) is 17.4 Å². The predicted molar refractivity (Wildman–Crippen MR) is 132 cm³/mol. The summed E-state index contributed by atoms with van der Waals surface area (Å²) in [5, 5.41) is 9.72. The van der Waals surface area contributed by atoms with E-state index < -0.39 is 16.1 Å². The zero-order valence-corrected chi connectivity index (χ0v) is 20.7. The fraction of sp³-hybridized carbons (Fsp3) is 0.375. The van der Waals surface area contributed by atoms with Gasteiger partial charge in [0.05, 0.1) is 23.7 Å². The Hall–Kier alpha value is -3.44. The van der Waals surface area contributed by atoms with Gasteiger partial charge in [-0.1, -0.05) is 18.2 Å². The lowest BCUT2D eigenvalue weighted by molar-refractivity contribution is -0.117. The fourth-order valence-corrected chi connectivity index (χ4v) is 5.50. The zero-order valence-electron chi connectivity index (χ0n) is 19.8. The van der Waals surface area contributed by atoms with Crippen LogP contribution in [0.25, 0.3) is 11.1 Å². The molecular formula is C24H28N4O6S. The van der Waals surface area contributed by atoms with Crippen LogP contribution in [0.1, 0.15) is 24.2 Å². The van der Waals surface area contributed by atoms with Gasteiger partial charge in [-0.3, -0.25) is 14.5 Å². The second-order valence-electron chi connectivity index (χ2n) is 8.87. The van der Waals surface area contributed by atoms with Crippen molar-refractivity contribution in [3.63, 3.8) is 0 Å². The van der Waals surface area contributed by atoms with Crippen molar-refractivity contribution in [3.8, 4) is 11.1 Å². The second kappa shape index (κ2) is 9.31. The van der Waals surface area contributed by atoms with Crippen LogP contribution >= 0.6 is 0 Å². The summed E-state index contributed by atoms with van der Waals surface area (Å²) < 4.78 is 24.7. The molecule has 2 aromatic carbocycles. The van der Waals surface area contributed by atoms with Gasteiger partial charge in [-0.2, -0.15) is 4.31 Å². The number of carboxylic acid groups (broad SMARTS) is 1. The molecular weight excluding hydrogens is 472 g/mol. The molecule has 1 saturated heterocycles. The third kappa shape index (κ3) is 4.87. The van der Waals surface area contributed by atoms with Gasteiger partial charge in [0.2, 0.25) is 15.9 Å². The minimum absolute atomic E-state index is 0.156. The molecule has 3 amide bonds. The molecule has 10 nitrogen and oxygen atoms in total. The highest BCUT2D eigenvalue weighted by Crippen LogP contribution is 2.39. The molecule has 11 heteroatoms. The summed E-state index contributed by atoms with van der Waals surface area (Å²) in [6.45, 7) is 4.64. The van der Waals surface area contributed by atoms with Crippen molar-refractivity contribution in [2.75, 3.05) is 48.8 Å². The van der Waals surface area contributed by atoms with E-state index in [2.05, 4.69) is 0 Å². The number of carbonyl (C=O) groups excluding carboxylic acids is 2. The number of nitrogens with zero attached hydrogens (tertiary/aromatic N) is 4. The largest absolute Gasteiger partial charge is 0.465 e. The molecule has 2 aliphatic rings. The minimum atomic E-state index is -3.27. The lowest BCUT2D eigenvalue weighted by atomic mass is 9.99. The molecule has 2 heterocycles. The summed E-state index contributed by atoms with van der Waals surface area (Å²) in [5.41, 5.74) is 3.02. The van der Waals surface area contributed by atoms with Crippen LogP contribution < -0.4 is 9.80 Å². The van der Waals surface area contributed by atoms with Gasteiger partial charge in [0.1, 0.15) is 0 Å². The lowest BCUT2D eigenvalue weighted by Crippen LogP contribution is -2.51. The molecule has 0 aliphatic carbocycles. The average molecular weight is 501 g/mol. The molecule has 2 aliphatic heterocycles. The van der Waals surface area contributed by atoms with Crippen LogP contribution in [0.5, 0.6) is 0 Å². The summed E-state index contributed by atoms with van der Waals surface area (Å²) in [6.07, 6.45) is 0.0769. The number of hydrogen-bond acceptors (Lipinski definition) is 5. The highest BCUT2D eigenvalue weighted by molar-refractivity contribution is 7.88. The van der Waals surface area contributed by atoms with Crippen LogP contribution in [0, 0.1) is 0 Å². The van der Waals surface area contributed by atoms with Crippen LogP contribution in [0.15, 0.2) is 42.5 Å². The van der Waals surface area contributed by atoms with Gasteiger partial charge in [0, 0.05) is 45.2 Å². The van der Waals surface area contributed by atoms with Crippen LogP contribution in [0.4, 0.5) is 16.2 Å². The molecule has 1 N–H and O–H groups in total. The molecule has 0 saturated carbocycles. The van der Waals surface area contributed by atoms with E-state index in [1.807, 2.05) is 13.0 Å². The SMILES string of the molecule is CC(=O)N1c2ccc(-c3ccc(C(=O)N4CCN(S(C)(=O)=O)CC4)cc3)cc2N(C(=O)O)C[C@@H]1C. The molecule has 186 valence electrons. The Morgan fingerprint density at radius 2 is 1.51 bits per heavy atom. The molecule has 0 aromatic heterocycles. The zero-order chi connectivity index (χ0) is 25.5. The smallest absolute Gasteiger partial charge is 0.411 e. The van der Waals surface area contributed by atoms with Crippen LogP contribution in [-0.2, 0) is 14.8 Å². The first-order valence-electron chi connectivity index (χ1n) is 11.3. The third-order valence-corrected chi connectivity index (χ3v) is 7.75. The third-order valence-electron chi connectivity index (χ3n) is 6.44. The number of piperazine rings is 1. The van der Waals surface area contributed by atoms with Crippen molar-refractivity contribution in [2.24, 2.45) is 0 Å². The summed E-state index contributed by atoms with van der Waals surface area (Å²) in [7, 11) is -3.27. The Morgan fingerprint density at radius 3 is 2.06 bits per heavy atom. The van der Waals surface area contributed by atoms with Crippen LogP contribution in [-0.4, -0.2) is 85.7 Å². The van der Waals surface area contributed by atoms with E-state index in [1.165, 1.54) is 16.1 Å². The van der Waals surface area contributed by atoms with E-state index in [1.54, 1.807) is 46.2 Å². The molecule has 0 radical (unpaired) electrons. The topological polar surface area (TPSA) is 119 Å². The number of hydrogen-bond donors (Lipinski definition) is 1. The Morgan fingerprint density at radius 1 is 0.914 bits per heavy atom. The molecule has 35 heavy (non-hydrogen) atoms. The van der Waals surface area contributed by atoms with Gasteiger partial charge in [-0.15, -0.1) is 0 Å². The molecule has 2 aromatic rings. The monoisotopic (exact) mass is 500 g/mol. The Balaban J connectivity index is 1.56. The molecule has 0 bridgehead atoms. The van der Waals surface area contributed by atoms with Crippen molar-refractivity contribution >= 4 is 39.3 Å². The number of amides is 3. The van der Waals surface area contributed by atoms with E-state index in [4.69, 9.17) is 0 Å². The van der Waals surface area contributed by atoms with Crippen molar-refractivity contribution in [3.05, 3.63) is 48.0 Å². The van der Waals surface area contributed by atoms with Crippen molar-refractivity contribution in [2.45, 2.75) is 19.9 Å². The van der Waals surface area contributed by atoms with Crippen molar-refractivity contribution in [1.29, 1.82) is 0 Å². The Bertz CT molecular complexity index is 1270. The van der Waals surface area contributed by atoms with Gasteiger partial charge in [0.25, 0.3) is 5.91 Å². The molecule has 4 rings (SSSR count). The average Bonchev–Trinajstić information content (AvgIpc) is 2.82. The van der Waals surface area contributed by atoms with Gasteiger partial charge >= 0.3 is 6.09 Å². The quantitative estimate of drug-likeness (QED) is 0.691. The molecule has 1 fully saturated rings. The van der Waals surface area contributed by atoms with Crippen molar-refractivity contribution < 1.29 is 27.9 Å². The maximum absolute atomic E-state index is 12.9. The Kier molecular flexibility index (Phi) is 6.56. The first kappa shape index (κ1) is 24.7. The minimum Gasteiger partial charge on any atom is -0.465 e. The summed E-state index contributed by atoms with van der Waals surface area (Å²) in [4.78, 5) is 41.4. The maximum Gasteiger partial charge on any atom is 0.411 e. The predicted octanol–water partition coefficient (Wildman–Crippen LogP) is 2.31. The molecule has 0 spiro atoms. The van der Waals surface area contributed by atoms with E-state index in [9.17, 15) is 27.9 Å². The standard InChI is InChI=1S/C24H28N4O6S/c1-16-15-27(24(31)32)22-14-20(8-9-21(22)28(16)17(2)29)18-4-6-19(7-5-18)23(30)25-10-12-26(13-11-25)35(3,33)34/h4-9,14,16H,10-13,15H2,1-3H3,(H,31,32)/t16-/m0/s1. The highest BCUT2D eigenvalue weighted by Gasteiger charge is 2.34. The molecule has 0 unspecified atom stereocenters. The van der Waals surface area contributed by atoms with E-state index in [-0.39, 0.29) is 37.5 Å². The second-order valence-corrected chi connectivity index (χ2v) is 10.8. The number of rotatable bonds is 3. The first-order valence-corrected chi connectivity index (χ1v) is 13.1. The van der Waals surface area contributed by atoms with Crippen LogP contribution in [0.2, 0.25) is 0 Å². The number of benzene rings is 2. The highest BCUT2D eigenvalue weighted by atomic mass is 32.2. The summed E-state index contributed by atoms with van der Waals surface area (Å²) >= 11 is 0. The number of carbonyl (C=O) groups is 3. The van der Waals surface area contributed by atoms with Crippen LogP contribution in [0.3, 0.4) is 0 Å². The maximum atomic E-state index is 12.9. The summed E-state index contributed by atoms with van der Waals surface area (Å²) in [6, 6.07) is 12.0. The van der Waals surface area contributed by atoms with Gasteiger partial charge in [-0.25, -0.2) is 13.2 Å². The number of fused-ring (bicyclic) bond motifs is 1. The lowest BCUT2D eigenvalue weighted by Gasteiger charge is -2.39. The number of anilines is 2. The fourth-order valence-electron chi connectivity index (χ4n) is 4.68. The summed E-state index contributed by atoms with van der Waals surface area (Å²) in [5.74, 6) is -0.324. The van der Waals surface area contributed by atoms with Gasteiger partial charge in [-0.05, 0) is 42.3 Å². The van der Waals surface area contributed by atoms with E-state index >= 15 is 0 Å². The molecule has 1 atom stereocenters. The van der Waals surface area contributed by atoms with Crippen molar-refractivity contribution in [1.82, 2.24) is 9.21 Å². The number of sulfonamides is 1. The normalized spacial score (nSPS) is 18.8. The van der Waals surface area contributed by atoms with Gasteiger partial charge < -0.3 is 14.9 Å². The Labute approximate surface area is 204 Å².